The van der Waals surface area contributed by atoms with Crippen LogP contribution in [-0.2, 0) is 5.66 Å². The summed E-state index contributed by atoms with van der Waals surface area (Å²) in [4.78, 5) is 8.84. The maximum atomic E-state index is 13.8. The quantitative estimate of drug-likeness (QED) is 0.762. The number of hydrogen-bond acceptors (Lipinski definition) is 5. The molecule has 2 aromatic rings. The zero-order valence-corrected chi connectivity index (χ0v) is 13.9. The van der Waals surface area contributed by atoms with Crippen LogP contribution in [0.5, 0.6) is 0 Å². The van der Waals surface area contributed by atoms with Gasteiger partial charge in [-0.1, -0.05) is 0 Å². The van der Waals surface area contributed by atoms with Gasteiger partial charge in [-0.2, -0.15) is 0 Å². The summed E-state index contributed by atoms with van der Waals surface area (Å²) in [5.74, 6) is -3.27. The predicted octanol–water partition coefficient (Wildman–Crippen LogP) is 2.21. The molecule has 0 amide bonds. The van der Waals surface area contributed by atoms with Crippen molar-refractivity contribution >= 4 is 11.5 Å². The van der Waals surface area contributed by atoms with Gasteiger partial charge in [-0.25, -0.2) is 23.1 Å². The first-order valence-corrected chi connectivity index (χ1v) is 8.41. The van der Waals surface area contributed by atoms with Crippen LogP contribution in [0.3, 0.4) is 0 Å². The number of aliphatic imine (C=N–C) groups is 1. The Hall–Kier alpha value is -2.71. The van der Waals surface area contributed by atoms with Gasteiger partial charge < -0.3 is 16.8 Å². The van der Waals surface area contributed by atoms with E-state index in [0.29, 0.717) is 11.3 Å². The van der Waals surface area contributed by atoms with Crippen LogP contribution in [0.1, 0.15) is 31.4 Å². The number of amidine groups is 1. The number of imidazole rings is 1. The molecule has 0 saturated heterocycles. The van der Waals surface area contributed by atoms with E-state index < -0.39 is 17.4 Å². The van der Waals surface area contributed by atoms with Gasteiger partial charge in [-0.3, -0.25) is 4.40 Å². The monoisotopic (exact) mass is 364 g/mol. The highest BCUT2D eigenvalue weighted by Gasteiger charge is 2.48. The normalized spacial score (nSPS) is 26.3. The van der Waals surface area contributed by atoms with Crippen LogP contribution in [0.4, 0.5) is 13.2 Å². The number of alkyl halides is 2. The molecule has 1 unspecified atom stereocenters. The summed E-state index contributed by atoms with van der Waals surface area (Å²) in [6, 6.07) is 2.85. The van der Waals surface area contributed by atoms with Crippen molar-refractivity contribution < 1.29 is 13.2 Å². The van der Waals surface area contributed by atoms with Crippen molar-refractivity contribution in [1.29, 1.82) is 0 Å². The number of halogens is 3. The largest absolute Gasteiger partial charge is 0.395 e. The van der Waals surface area contributed by atoms with Gasteiger partial charge in [0, 0.05) is 31.2 Å². The number of rotatable bonds is 2. The smallest absolute Gasteiger partial charge is 0.248 e. The van der Waals surface area contributed by atoms with Crippen molar-refractivity contribution in [3.63, 3.8) is 0 Å². The minimum absolute atomic E-state index is 0.118. The van der Waals surface area contributed by atoms with Gasteiger partial charge in [0.2, 0.25) is 5.92 Å². The Kier molecular flexibility index (Phi) is 3.64. The molecule has 4 rings (SSSR count). The summed E-state index contributed by atoms with van der Waals surface area (Å²) < 4.78 is 42.7. The summed E-state index contributed by atoms with van der Waals surface area (Å²) in [5, 5.41) is 3.14. The van der Waals surface area contributed by atoms with Gasteiger partial charge >= 0.3 is 0 Å². The van der Waals surface area contributed by atoms with Crippen molar-refractivity contribution in [3.8, 4) is 0 Å². The highest BCUT2D eigenvalue weighted by atomic mass is 19.3. The Morgan fingerprint density at radius 3 is 2.62 bits per heavy atom. The number of pyridine rings is 1. The number of fused-ring (bicyclic) bond motifs is 1. The molecular formula is C17H19F3N6. The van der Waals surface area contributed by atoms with Gasteiger partial charge in [0.1, 0.15) is 17.3 Å². The van der Waals surface area contributed by atoms with Crippen molar-refractivity contribution in [3.05, 3.63) is 47.9 Å². The zero-order chi connectivity index (χ0) is 18.5. The fourth-order valence-corrected chi connectivity index (χ4v) is 3.79. The van der Waals surface area contributed by atoms with Crippen molar-refractivity contribution in [2.45, 2.75) is 37.3 Å². The average molecular weight is 364 g/mol. The Labute approximate surface area is 147 Å². The molecule has 1 aliphatic heterocycles. The lowest BCUT2D eigenvalue weighted by atomic mass is 9.76. The maximum Gasteiger partial charge on any atom is 0.248 e. The topological polar surface area (TPSA) is 93.7 Å². The van der Waals surface area contributed by atoms with Gasteiger partial charge in [-0.15, -0.1) is 0 Å². The van der Waals surface area contributed by atoms with Crippen molar-refractivity contribution in [1.82, 2.24) is 14.7 Å². The van der Waals surface area contributed by atoms with Gasteiger partial charge in [0.25, 0.3) is 0 Å². The molecule has 1 atom stereocenters. The van der Waals surface area contributed by atoms with E-state index >= 15 is 0 Å². The van der Waals surface area contributed by atoms with Crippen LogP contribution < -0.4 is 16.8 Å². The highest BCUT2D eigenvalue weighted by Crippen LogP contribution is 2.46. The molecule has 0 spiro atoms. The second-order valence-electron chi connectivity index (χ2n) is 6.86. The molecule has 0 aromatic carbocycles. The van der Waals surface area contributed by atoms with E-state index in [1.54, 1.807) is 16.7 Å². The van der Waals surface area contributed by atoms with E-state index in [-0.39, 0.29) is 43.1 Å². The van der Waals surface area contributed by atoms with Crippen molar-refractivity contribution in [2.75, 3.05) is 0 Å². The molecule has 1 saturated carbocycles. The zero-order valence-electron chi connectivity index (χ0n) is 13.9. The highest BCUT2D eigenvalue weighted by molar-refractivity contribution is 5.96. The first-order chi connectivity index (χ1) is 12.3. The van der Waals surface area contributed by atoms with Crippen LogP contribution >= 0.6 is 0 Å². The second-order valence-corrected chi connectivity index (χ2v) is 6.86. The average Bonchev–Trinajstić information content (AvgIpc) is 3.01. The lowest BCUT2D eigenvalue weighted by Crippen LogP contribution is -2.52. The third-order valence-corrected chi connectivity index (χ3v) is 5.21. The molecule has 3 heterocycles. The third-order valence-electron chi connectivity index (χ3n) is 5.21. The molecule has 138 valence electrons. The van der Waals surface area contributed by atoms with Crippen LogP contribution in [-0.4, -0.2) is 21.1 Å². The van der Waals surface area contributed by atoms with E-state index in [1.165, 1.54) is 18.5 Å². The minimum atomic E-state index is -2.68. The Bertz CT molecular complexity index is 908. The predicted molar refractivity (Wildman–Crippen MR) is 90.8 cm³/mol. The standard InChI is InChI=1S/C17H19F3N6/c18-11-1-2-14-23-8-13(26(14)9-11)17(24-7-12(21)15(22)25-17)10-3-5-16(19,20)6-4-10/h1-2,7-10,24H,3-6,21H2,(H2,22,25). The first kappa shape index (κ1) is 16.7. The lowest BCUT2D eigenvalue weighted by molar-refractivity contribution is -0.0572. The number of nitrogens with one attached hydrogen (secondary N) is 1. The van der Waals surface area contributed by atoms with Crippen LogP contribution in [0, 0.1) is 11.7 Å². The molecule has 5 N–H and O–H groups in total. The number of aromatic nitrogens is 2. The molecule has 0 radical (unpaired) electrons. The summed E-state index contributed by atoms with van der Waals surface area (Å²) in [7, 11) is 0. The molecule has 1 aliphatic carbocycles. The first-order valence-electron chi connectivity index (χ1n) is 8.41. The van der Waals surface area contributed by atoms with Crippen molar-refractivity contribution in [2.24, 2.45) is 22.4 Å². The molecular weight excluding hydrogens is 345 g/mol. The summed E-state index contributed by atoms with van der Waals surface area (Å²) in [5.41, 5.74) is 12.0. The number of nitrogens with two attached hydrogens (primary N) is 2. The summed E-state index contributed by atoms with van der Waals surface area (Å²) >= 11 is 0. The van der Waals surface area contributed by atoms with Crippen LogP contribution in [0.2, 0.25) is 0 Å². The Morgan fingerprint density at radius 1 is 1.19 bits per heavy atom. The third kappa shape index (κ3) is 2.58. The molecule has 2 aliphatic rings. The fraction of sp³-hybridized carbons (Fsp3) is 0.412. The fourth-order valence-electron chi connectivity index (χ4n) is 3.79. The molecule has 0 bridgehead atoms. The molecule has 9 heteroatoms. The summed E-state index contributed by atoms with van der Waals surface area (Å²) in [6.45, 7) is 0. The maximum absolute atomic E-state index is 13.8. The lowest BCUT2D eigenvalue weighted by Gasteiger charge is -2.42. The van der Waals surface area contributed by atoms with E-state index in [9.17, 15) is 13.2 Å². The second kappa shape index (κ2) is 5.65. The van der Waals surface area contributed by atoms with E-state index in [0.717, 1.165) is 0 Å². The Morgan fingerprint density at radius 2 is 1.92 bits per heavy atom. The van der Waals surface area contributed by atoms with Gasteiger partial charge in [-0.05, 0) is 25.0 Å². The van der Waals surface area contributed by atoms with E-state index in [1.807, 2.05) is 0 Å². The van der Waals surface area contributed by atoms with Gasteiger partial charge in [0.15, 0.2) is 5.66 Å². The SMILES string of the molecule is NC1=CNC(c2cnc3ccc(F)cn23)(C2CCC(F)(F)CC2)N=C1N. The van der Waals surface area contributed by atoms with E-state index in [4.69, 9.17) is 11.5 Å². The molecule has 6 nitrogen and oxygen atoms in total. The Balaban J connectivity index is 1.85. The van der Waals surface area contributed by atoms with Crippen LogP contribution in [0.25, 0.3) is 5.65 Å². The molecule has 26 heavy (non-hydrogen) atoms. The van der Waals surface area contributed by atoms with Gasteiger partial charge in [0.05, 0.1) is 17.6 Å². The van der Waals surface area contributed by atoms with Crippen LogP contribution in [0.15, 0.2) is 41.4 Å². The summed E-state index contributed by atoms with van der Waals surface area (Å²) in [6.07, 6.45) is 4.40. The van der Waals surface area contributed by atoms with E-state index in [2.05, 4.69) is 15.3 Å². The number of nitrogens with zero attached hydrogens (tertiary/aromatic N) is 3. The molecule has 2 aromatic heterocycles. The molecule has 1 fully saturated rings. The minimum Gasteiger partial charge on any atom is -0.395 e. The number of hydrogen-bond donors (Lipinski definition) is 3.